The number of carbonyl (C=O) groups excluding carboxylic acids is 1. The smallest absolute Gasteiger partial charge is 0.263 e. The third-order valence-electron chi connectivity index (χ3n) is 5.73. The van der Waals surface area contributed by atoms with Gasteiger partial charge < -0.3 is 31.2 Å². The number of aromatic nitrogens is 1. The number of hydrogen-bond donors (Lipinski definition) is 4. The maximum absolute atomic E-state index is 13.2. The van der Waals surface area contributed by atoms with E-state index in [1.807, 2.05) is 37.0 Å². The zero-order valence-electron chi connectivity index (χ0n) is 19.0. The average molecular weight is 440 g/mol. The fourth-order valence-electron chi connectivity index (χ4n) is 4.12. The summed E-state index contributed by atoms with van der Waals surface area (Å²) in [7, 11) is 0. The fourth-order valence-corrected chi connectivity index (χ4v) is 4.12. The zero-order chi connectivity index (χ0) is 23.4. The summed E-state index contributed by atoms with van der Waals surface area (Å²) in [5.41, 5.74) is 15.6. The normalized spacial score (nSPS) is 22.3. The number of nitrogens with zero attached hydrogens (tertiary/aromatic N) is 2. The minimum Gasteiger partial charge on any atom is -0.438 e. The maximum atomic E-state index is 13.2. The van der Waals surface area contributed by atoms with Gasteiger partial charge in [0.25, 0.3) is 5.91 Å². The Balaban J connectivity index is 1.95. The van der Waals surface area contributed by atoms with Crippen LogP contribution in [0.1, 0.15) is 43.1 Å². The Labute approximate surface area is 188 Å². The molecule has 2 aromatic rings. The third-order valence-corrected chi connectivity index (χ3v) is 5.73. The maximum Gasteiger partial charge on any atom is 0.263 e. The number of aliphatic hydroxyl groups excluding tert-OH is 1. The van der Waals surface area contributed by atoms with Crippen molar-refractivity contribution in [2.45, 2.75) is 45.8 Å². The van der Waals surface area contributed by atoms with Gasteiger partial charge in [-0.1, -0.05) is 32.9 Å². The van der Waals surface area contributed by atoms with Crippen molar-refractivity contribution in [3.05, 3.63) is 59.6 Å². The van der Waals surface area contributed by atoms with Gasteiger partial charge in [-0.2, -0.15) is 0 Å². The minimum absolute atomic E-state index is 0.0178. The largest absolute Gasteiger partial charge is 0.438 e. The molecule has 1 amide bonds. The van der Waals surface area contributed by atoms with Crippen LogP contribution in [-0.2, 0) is 6.42 Å². The van der Waals surface area contributed by atoms with Crippen molar-refractivity contribution in [3.8, 4) is 0 Å². The lowest BCUT2D eigenvalue weighted by atomic mass is 9.92. The second-order valence-corrected chi connectivity index (χ2v) is 8.28. The van der Waals surface area contributed by atoms with E-state index in [2.05, 4.69) is 23.8 Å². The molecule has 1 aliphatic rings. The molecule has 0 unspecified atom stereocenters. The quantitative estimate of drug-likeness (QED) is 0.488. The molecule has 172 valence electrons. The summed E-state index contributed by atoms with van der Waals surface area (Å²) in [4.78, 5) is 19.7. The highest BCUT2D eigenvalue weighted by atomic mass is 16.3. The average Bonchev–Trinajstić information content (AvgIpc) is 3.09. The van der Waals surface area contributed by atoms with Crippen LogP contribution in [0.2, 0.25) is 0 Å². The molecule has 2 aromatic heterocycles. The minimum atomic E-state index is -0.569. The number of rotatable bonds is 7. The van der Waals surface area contributed by atoms with Gasteiger partial charge in [-0.3, -0.25) is 9.78 Å². The number of piperidine rings is 1. The van der Waals surface area contributed by atoms with Gasteiger partial charge in [0.15, 0.2) is 5.58 Å². The van der Waals surface area contributed by atoms with Crippen molar-refractivity contribution in [2.75, 3.05) is 18.8 Å². The second-order valence-electron chi connectivity index (χ2n) is 8.28. The number of fused-ring (bicyclic) bond motifs is 1. The van der Waals surface area contributed by atoms with Gasteiger partial charge in [0.1, 0.15) is 11.1 Å². The Morgan fingerprint density at radius 3 is 2.84 bits per heavy atom. The number of allylic oxidation sites excluding steroid dienone is 3. The van der Waals surface area contributed by atoms with Crippen molar-refractivity contribution < 1.29 is 14.3 Å². The highest BCUT2D eigenvalue weighted by Gasteiger charge is 2.32. The molecule has 1 fully saturated rings. The van der Waals surface area contributed by atoms with E-state index >= 15 is 0 Å². The van der Waals surface area contributed by atoms with Gasteiger partial charge in [0.2, 0.25) is 5.88 Å². The van der Waals surface area contributed by atoms with E-state index < -0.39 is 18.1 Å². The van der Waals surface area contributed by atoms with Crippen LogP contribution in [0.4, 0.5) is 5.88 Å². The number of furan rings is 1. The van der Waals surface area contributed by atoms with Crippen molar-refractivity contribution >= 4 is 22.9 Å². The molecule has 3 rings (SSSR count). The first-order valence-corrected chi connectivity index (χ1v) is 11.0. The summed E-state index contributed by atoms with van der Waals surface area (Å²) in [6.07, 6.45) is 8.38. The summed E-state index contributed by atoms with van der Waals surface area (Å²) in [6.45, 7) is 10.9. The molecule has 3 heterocycles. The molecule has 8 nitrogen and oxygen atoms in total. The number of pyridine rings is 1. The zero-order valence-corrected chi connectivity index (χ0v) is 19.0. The Hall–Kier alpha value is -3.10. The molecule has 8 heteroatoms. The summed E-state index contributed by atoms with van der Waals surface area (Å²) in [5.74, 6) is -0.426. The Morgan fingerprint density at radius 1 is 1.47 bits per heavy atom. The first-order chi connectivity index (χ1) is 15.3. The van der Waals surface area contributed by atoms with E-state index in [4.69, 9.17) is 15.9 Å². The first-order valence-electron chi connectivity index (χ1n) is 11.0. The van der Waals surface area contributed by atoms with Crippen LogP contribution in [0, 0.1) is 5.92 Å². The molecule has 1 saturated heterocycles. The second kappa shape index (κ2) is 10.0. The lowest BCUT2D eigenvalue weighted by Gasteiger charge is -2.41. The lowest BCUT2D eigenvalue weighted by molar-refractivity contribution is 0.0304. The number of hydrogen-bond acceptors (Lipinski definition) is 7. The Kier molecular flexibility index (Phi) is 7.37. The third kappa shape index (κ3) is 4.71. The van der Waals surface area contributed by atoms with Crippen molar-refractivity contribution in [1.82, 2.24) is 15.2 Å². The van der Waals surface area contributed by atoms with Crippen LogP contribution >= 0.6 is 0 Å². The molecular weight excluding hydrogens is 406 g/mol. The van der Waals surface area contributed by atoms with Crippen LogP contribution in [0.5, 0.6) is 0 Å². The molecule has 6 N–H and O–H groups in total. The standard InChI is InChI=1S/C24H33N5O3/c1-5-8-15-10-19-21(27-11-15)20(23(26)32-19)24(31)28-17(7-3)18(9-6-2)29-12-14(4)22(30)16(25)13-29/h6-7,9-11,14,16,22,30H,3,5,8,12-13,25-26H2,1-2,4H3,(H,28,31)/b9-6-,18-17-/t14-,16+,22+/m0/s1. The summed E-state index contributed by atoms with van der Waals surface area (Å²) < 4.78 is 5.63. The number of aliphatic hydroxyl groups is 1. The van der Waals surface area contributed by atoms with E-state index in [0.717, 1.165) is 24.1 Å². The van der Waals surface area contributed by atoms with Gasteiger partial charge in [0, 0.05) is 31.2 Å². The van der Waals surface area contributed by atoms with Crippen molar-refractivity contribution in [3.63, 3.8) is 0 Å². The van der Waals surface area contributed by atoms with Gasteiger partial charge >= 0.3 is 0 Å². The van der Waals surface area contributed by atoms with Crippen molar-refractivity contribution in [2.24, 2.45) is 11.7 Å². The molecule has 0 spiro atoms. The molecule has 3 atom stereocenters. The summed E-state index contributed by atoms with van der Waals surface area (Å²) in [5, 5.41) is 13.1. The molecule has 0 radical (unpaired) electrons. The van der Waals surface area contributed by atoms with Crippen LogP contribution in [0.25, 0.3) is 11.1 Å². The number of likely N-dealkylation sites (tertiary alicyclic amines) is 1. The van der Waals surface area contributed by atoms with Crippen LogP contribution < -0.4 is 16.8 Å². The topological polar surface area (TPSA) is 131 Å². The molecule has 0 bridgehead atoms. The number of amides is 1. The van der Waals surface area contributed by atoms with Gasteiger partial charge in [-0.25, -0.2) is 0 Å². The van der Waals surface area contributed by atoms with Crippen LogP contribution in [0.15, 0.2) is 52.9 Å². The molecule has 0 saturated carbocycles. The summed E-state index contributed by atoms with van der Waals surface area (Å²) >= 11 is 0. The molecule has 32 heavy (non-hydrogen) atoms. The molecule has 1 aliphatic heterocycles. The lowest BCUT2D eigenvalue weighted by Crippen LogP contribution is -2.55. The van der Waals surface area contributed by atoms with Crippen LogP contribution in [0.3, 0.4) is 0 Å². The Bertz CT molecular complexity index is 1040. The predicted molar refractivity (Wildman–Crippen MR) is 127 cm³/mol. The number of aryl methyl sites for hydroxylation is 1. The number of nitrogens with one attached hydrogen (secondary N) is 1. The number of nitrogen functional groups attached to an aromatic ring is 1. The van der Waals surface area contributed by atoms with Crippen LogP contribution in [-0.4, -0.2) is 46.1 Å². The fraction of sp³-hybridized carbons (Fsp3) is 0.417. The molecule has 0 aromatic carbocycles. The van der Waals surface area contributed by atoms with E-state index in [9.17, 15) is 9.90 Å². The van der Waals surface area contributed by atoms with E-state index in [-0.39, 0.29) is 17.4 Å². The number of carbonyl (C=O) groups is 1. The number of anilines is 1. The highest BCUT2D eigenvalue weighted by Crippen LogP contribution is 2.28. The molecular formula is C24H33N5O3. The molecule has 0 aliphatic carbocycles. The van der Waals surface area contributed by atoms with Gasteiger partial charge in [-0.15, -0.1) is 0 Å². The van der Waals surface area contributed by atoms with E-state index in [1.165, 1.54) is 0 Å². The van der Waals surface area contributed by atoms with Crippen molar-refractivity contribution in [1.29, 1.82) is 0 Å². The summed E-state index contributed by atoms with van der Waals surface area (Å²) in [6, 6.07) is 1.48. The highest BCUT2D eigenvalue weighted by molar-refractivity contribution is 6.09. The predicted octanol–water partition coefficient (Wildman–Crippen LogP) is 2.71. The monoisotopic (exact) mass is 439 g/mol. The van der Waals surface area contributed by atoms with E-state index in [0.29, 0.717) is 29.9 Å². The first kappa shape index (κ1) is 23.6. The van der Waals surface area contributed by atoms with Gasteiger partial charge in [0.05, 0.1) is 17.5 Å². The number of nitrogens with two attached hydrogens (primary N) is 2. The Morgan fingerprint density at radius 2 is 2.22 bits per heavy atom. The van der Waals surface area contributed by atoms with Gasteiger partial charge in [-0.05, 0) is 37.1 Å². The van der Waals surface area contributed by atoms with E-state index in [1.54, 1.807) is 12.3 Å². The SMILES string of the molecule is C=C/C(NC(=O)c1c(N)oc2cc(CCC)cnc12)=C(\C=C/C)N1C[C@@H](N)[C@H](O)[C@@H](C)C1.